The van der Waals surface area contributed by atoms with Crippen LogP contribution in [0.3, 0.4) is 0 Å². The maximum Gasteiger partial charge on any atom is 0.243 e. The van der Waals surface area contributed by atoms with Gasteiger partial charge in [0.05, 0.1) is 42.5 Å². The van der Waals surface area contributed by atoms with E-state index in [4.69, 9.17) is 4.74 Å². The Morgan fingerprint density at radius 2 is 1.71 bits per heavy atom. The molecule has 2 aliphatic rings. The van der Waals surface area contributed by atoms with E-state index >= 15 is 0 Å². The van der Waals surface area contributed by atoms with E-state index in [1.54, 1.807) is 10.4 Å². The average Bonchev–Trinajstić information content (AvgIpc) is 3.67. The fourth-order valence-corrected chi connectivity index (χ4v) is 7.93. The molecule has 1 aromatic heterocycles. The lowest BCUT2D eigenvalue weighted by atomic mass is 9.81. The van der Waals surface area contributed by atoms with Gasteiger partial charge in [-0.05, 0) is 43.1 Å². The maximum absolute atomic E-state index is 14.3. The number of rotatable bonds is 20. The fourth-order valence-electron chi connectivity index (χ4n) is 7.36. The normalized spacial score (nSPS) is 18.2. The number of amides is 4. The lowest BCUT2D eigenvalue weighted by molar-refractivity contribution is -0.140. The third-order valence-electron chi connectivity index (χ3n) is 10.6. The van der Waals surface area contributed by atoms with Crippen LogP contribution in [0.4, 0.5) is 0 Å². The number of aliphatic hydroxyl groups excluding tert-OH is 1. The molecule has 12 heteroatoms. The molecule has 288 valence electrons. The highest BCUT2D eigenvalue weighted by atomic mass is 32.1. The largest absolute Gasteiger partial charge is 0.391 e. The number of nitrogens with one attached hydrogen (secondary N) is 3. The second-order valence-electron chi connectivity index (χ2n) is 15.0. The van der Waals surface area contributed by atoms with Gasteiger partial charge in [0.25, 0.3) is 0 Å². The van der Waals surface area contributed by atoms with E-state index in [0.717, 1.165) is 44.1 Å². The molecule has 2 heterocycles. The van der Waals surface area contributed by atoms with Gasteiger partial charge in [0.2, 0.25) is 23.6 Å². The third-order valence-corrected chi connectivity index (χ3v) is 11.2. The highest BCUT2D eigenvalue weighted by Crippen LogP contribution is 2.30. The number of aliphatic hydroxyl groups is 1. The predicted molar refractivity (Wildman–Crippen MR) is 203 cm³/mol. The third kappa shape index (κ3) is 13.6. The zero-order valence-corrected chi connectivity index (χ0v) is 32.2. The Labute approximate surface area is 314 Å². The van der Waals surface area contributed by atoms with Gasteiger partial charge in [0, 0.05) is 43.8 Å². The molecule has 0 spiro atoms. The standard InChI is InChI=1S/C40H61N5O6S/c1-4-5-16-41-39(49)33(28(2)3)25-36(46)34(22-30-14-10-7-11-15-30)43-40(50)35(24-32-26-52-27-42-32)44-38(48)31(21-29-12-8-6-9-13-29)23-37(47)45-17-19-51-20-18-45/h6,8-9,12-13,26-28,30-31,33-36,46H,4-5,7,10-11,14-25H2,1-3H3,(H,41,49)(H,43,50)(H,44,48)/t31?,33-,34-,35-,36-/m0/s1. The summed E-state index contributed by atoms with van der Waals surface area (Å²) in [5.41, 5.74) is 3.29. The van der Waals surface area contributed by atoms with Gasteiger partial charge in [-0.25, -0.2) is 4.98 Å². The van der Waals surface area contributed by atoms with Crippen LogP contribution in [0, 0.1) is 23.7 Å². The first-order valence-corrected chi connectivity index (χ1v) is 20.4. The zero-order chi connectivity index (χ0) is 37.3. The van der Waals surface area contributed by atoms with Crippen molar-refractivity contribution in [3.05, 3.63) is 52.5 Å². The van der Waals surface area contributed by atoms with E-state index in [9.17, 15) is 24.3 Å². The molecule has 0 radical (unpaired) electrons. The molecule has 1 aliphatic heterocycles. The lowest BCUT2D eigenvalue weighted by Crippen LogP contribution is -2.55. The summed E-state index contributed by atoms with van der Waals surface area (Å²) in [6, 6.07) is 8.01. The van der Waals surface area contributed by atoms with Gasteiger partial charge in [-0.2, -0.15) is 0 Å². The molecule has 4 rings (SSSR count). The van der Waals surface area contributed by atoms with Crippen molar-refractivity contribution >= 4 is 35.0 Å². The second kappa shape index (κ2) is 22.0. The van der Waals surface area contributed by atoms with Crippen molar-refractivity contribution in [3.8, 4) is 0 Å². The van der Waals surface area contributed by atoms with Crippen molar-refractivity contribution < 1.29 is 29.0 Å². The van der Waals surface area contributed by atoms with Crippen LogP contribution in [0.25, 0.3) is 0 Å². The summed E-state index contributed by atoms with van der Waals surface area (Å²) in [6.07, 6.45) is 7.70. The first-order chi connectivity index (χ1) is 25.1. The molecule has 1 unspecified atom stereocenters. The first kappa shape index (κ1) is 41.4. The molecule has 5 atom stereocenters. The van der Waals surface area contributed by atoms with Crippen LogP contribution in [-0.4, -0.2) is 89.7 Å². The van der Waals surface area contributed by atoms with Crippen LogP contribution < -0.4 is 16.0 Å². The van der Waals surface area contributed by atoms with Crippen LogP contribution in [0.15, 0.2) is 41.2 Å². The van der Waals surface area contributed by atoms with Crippen molar-refractivity contribution in [2.75, 3.05) is 32.8 Å². The van der Waals surface area contributed by atoms with Gasteiger partial charge in [-0.3, -0.25) is 19.2 Å². The molecule has 2 aromatic rings. The van der Waals surface area contributed by atoms with Gasteiger partial charge >= 0.3 is 0 Å². The number of hydrogen-bond donors (Lipinski definition) is 4. The maximum atomic E-state index is 14.3. The van der Waals surface area contributed by atoms with Crippen molar-refractivity contribution in [2.24, 2.45) is 23.7 Å². The first-order valence-electron chi connectivity index (χ1n) is 19.5. The minimum atomic E-state index is -0.981. The molecular weight excluding hydrogens is 679 g/mol. The Bertz CT molecular complexity index is 1360. The molecule has 1 saturated heterocycles. The van der Waals surface area contributed by atoms with Crippen LogP contribution in [-0.2, 0) is 36.8 Å². The van der Waals surface area contributed by atoms with Crippen molar-refractivity contribution in [3.63, 3.8) is 0 Å². The predicted octanol–water partition coefficient (Wildman–Crippen LogP) is 4.67. The number of benzene rings is 1. The molecule has 1 saturated carbocycles. The molecule has 1 aromatic carbocycles. The van der Waals surface area contributed by atoms with Crippen molar-refractivity contribution in [1.82, 2.24) is 25.8 Å². The SMILES string of the molecule is CCCCNC(=O)[C@@H](C[C@H](O)[C@H](CC1CCCCC1)NC(=O)[C@H](Cc1cscn1)NC(=O)C(CC(=O)N1CCOCC1)Cc1ccccc1)C(C)C. The number of aromatic nitrogens is 1. The highest BCUT2D eigenvalue weighted by molar-refractivity contribution is 7.07. The summed E-state index contributed by atoms with van der Waals surface area (Å²) in [4.78, 5) is 61.2. The van der Waals surface area contributed by atoms with E-state index in [2.05, 4.69) is 27.9 Å². The molecular formula is C40H61N5O6S. The number of morpholine rings is 1. The number of unbranched alkanes of at least 4 members (excludes halogenated alkanes) is 1. The molecule has 1 aliphatic carbocycles. The summed E-state index contributed by atoms with van der Waals surface area (Å²) in [5.74, 6) is -1.75. The smallest absolute Gasteiger partial charge is 0.243 e. The number of carbonyl (C=O) groups excluding carboxylic acids is 4. The van der Waals surface area contributed by atoms with Crippen LogP contribution in [0.5, 0.6) is 0 Å². The van der Waals surface area contributed by atoms with E-state index < -0.39 is 35.9 Å². The molecule has 52 heavy (non-hydrogen) atoms. The van der Waals surface area contributed by atoms with Gasteiger partial charge in [0.15, 0.2) is 0 Å². The van der Waals surface area contributed by atoms with Crippen LogP contribution in [0.2, 0.25) is 0 Å². The summed E-state index contributed by atoms with van der Waals surface area (Å²) in [6.45, 7) is 8.54. The number of hydrogen-bond acceptors (Lipinski definition) is 8. The van der Waals surface area contributed by atoms with Crippen molar-refractivity contribution in [1.29, 1.82) is 0 Å². The van der Waals surface area contributed by atoms with Crippen LogP contribution >= 0.6 is 11.3 Å². The van der Waals surface area contributed by atoms with Crippen molar-refractivity contribution in [2.45, 2.75) is 116 Å². The molecule has 2 fully saturated rings. The fraction of sp³-hybridized carbons (Fsp3) is 0.675. The Morgan fingerprint density at radius 1 is 0.981 bits per heavy atom. The monoisotopic (exact) mass is 739 g/mol. The minimum Gasteiger partial charge on any atom is -0.391 e. The lowest BCUT2D eigenvalue weighted by Gasteiger charge is -2.33. The Hall–Kier alpha value is -3.35. The number of carbonyl (C=O) groups is 4. The number of ether oxygens (including phenoxy) is 1. The Morgan fingerprint density at radius 3 is 2.37 bits per heavy atom. The summed E-state index contributed by atoms with van der Waals surface area (Å²) >= 11 is 1.41. The van der Waals surface area contributed by atoms with Gasteiger partial charge in [-0.15, -0.1) is 11.3 Å². The van der Waals surface area contributed by atoms with E-state index in [1.165, 1.54) is 17.8 Å². The summed E-state index contributed by atoms with van der Waals surface area (Å²) in [5, 5.41) is 22.8. The quantitative estimate of drug-likeness (QED) is 0.144. The molecule has 4 amide bonds. The zero-order valence-electron chi connectivity index (χ0n) is 31.4. The highest BCUT2D eigenvalue weighted by Gasteiger charge is 2.35. The minimum absolute atomic E-state index is 0.000677. The number of nitrogens with zero attached hydrogens (tertiary/aromatic N) is 2. The van der Waals surface area contributed by atoms with Gasteiger partial charge in [-0.1, -0.05) is 89.6 Å². The van der Waals surface area contributed by atoms with E-state index in [1.807, 2.05) is 49.6 Å². The Balaban J connectivity index is 1.54. The number of thiazole rings is 1. The van der Waals surface area contributed by atoms with Gasteiger partial charge < -0.3 is 30.7 Å². The Kier molecular flexibility index (Phi) is 17.5. The summed E-state index contributed by atoms with van der Waals surface area (Å²) < 4.78 is 5.43. The topological polar surface area (TPSA) is 150 Å². The average molecular weight is 740 g/mol. The van der Waals surface area contributed by atoms with E-state index in [-0.39, 0.29) is 42.9 Å². The molecule has 4 N–H and O–H groups in total. The van der Waals surface area contributed by atoms with Gasteiger partial charge in [0.1, 0.15) is 6.04 Å². The van der Waals surface area contributed by atoms with E-state index in [0.29, 0.717) is 57.3 Å². The molecule has 0 bridgehead atoms. The molecule has 11 nitrogen and oxygen atoms in total. The van der Waals surface area contributed by atoms with Crippen LogP contribution in [0.1, 0.15) is 96.2 Å². The second-order valence-corrected chi connectivity index (χ2v) is 15.7. The summed E-state index contributed by atoms with van der Waals surface area (Å²) in [7, 11) is 0.